The van der Waals surface area contributed by atoms with E-state index in [0.717, 1.165) is 31.6 Å². The number of likely N-dealkylation sites (tertiary alicyclic amines) is 1. The Bertz CT molecular complexity index is 1080. The van der Waals surface area contributed by atoms with Gasteiger partial charge in [-0.3, -0.25) is 14.5 Å². The number of halogens is 1. The predicted molar refractivity (Wildman–Crippen MR) is 123 cm³/mol. The van der Waals surface area contributed by atoms with E-state index in [9.17, 15) is 14.0 Å². The molecule has 1 aliphatic rings. The summed E-state index contributed by atoms with van der Waals surface area (Å²) >= 11 is 0. The van der Waals surface area contributed by atoms with Crippen LogP contribution in [-0.2, 0) is 16.0 Å². The molecule has 2 amide bonds. The fourth-order valence-electron chi connectivity index (χ4n) is 3.89. The molecule has 0 aliphatic carbocycles. The lowest BCUT2D eigenvalue weighted by atomic mass is 10.0. The minimum atomic E-state index is -0.373. The van der Waals surface area contributed by atoms with Crippen molar-refractivity contribution < 1.29 is 18.4 Å². The number of amides is 2. The molecule has 0 radical (unpaired) electrons. The molecule has 1 aliphatic heterocycles. The Morgan fingerprint density at radius 2 is 1.76 bits per heavy atom. The van der Waals surface area contributed by atoms with Crippen LogP contribution in [0.15, 0.2) is 65.2 Å². The second kappa shape index (κ2) is 10.9. The molecule has 4 rings (SSSR count). The highest BCUT2D eigenvalue weighted by Gasteiger charge is 2.22. The van der Waals surface area contributed by atoms with Crippen molar-refractivity contribution in [1.29, 1.82) is 0 Å². The van der Waals surface area contributed by atoms with E-state index in [-0.39, 0.29) is 30.1 Å². The predicted octanol–water partition coefficient (Wildman–Crippen LogP) is 3.63. The first kappa shape index (κ1) is 22.7. The maximum atomic E-state index is 13.9. The van der Waals surface area contributed by atoms with Crippen molar-refractivity contribution in [1.82, 2.24) is 15.2 Å². The molecule has 33 heavy (non-hydrogen) atoms. The summed E-state index contributed by atoms with van der Waals surface area (Å²) in [6, 6.07) is 15.8. The number of carbonyl (C=O) groups excluding carboxylic acids is 2. The van der Waals surface area contributed by atoms with E-state index in [1.807, 2.05) is 30.3 Å². The van der Waals surface area contributed by atoms with Crippen LogP contribution >= 0.6 is 0 Å². The largest absolute Gasteiger partial charge is 0.441 e. The standard InChI is InChI=1S/C25H27FN4O3/c26-21-9-5-4-8-20(21)22-16-27-25(33-22)11-10-23(31)28-19-12-14-30(15-13-19)17-24(32)29-18-6-2-1-3-7-18/h1-9,16,19H,10-15,17H2,(H,28,31)(H,29,32). The van der Waals surface area contributed by atoms with E-state index in [2.05, 4.69) is 20.5 Å². The number of oxazole rings is 1. The molecule has 0 spiro atoms. The number of aryl methyl sites for hydroxylation is 1. The zero-order chi connectivity index (χ0) is 23.0. The number of piperidine rings is 1. The first-order valence-corrected chi connectivity index (χ1v) is 11.1. The van der Waals surface area contributed by atoms with Crippen molar-refractivity contribution in [3.05, 3.63) is 72.5 Å². The van der Waals surface area contributed by atoms with Crippen LogP contribution in [0.25, 0.3) is 11.3 Å². The van der Waals surface area contributed by atoms with Crippen LogP contribution in [0, 0.1) is 5.82 Å². The van der Waals surface area contributed by atoms with E-state index < -0.39 is 0 Å². The van der Waals surface area contributed by atoms with Gasteiger partial charge in [-0.2, -0.15) is 0 Å². The highest BCUT2D eigenvalue weighted by molar-refractivity contribution is 5.92. The maximum absolute atomic E-state index is 13.9. The average molecular weight is 451 g/mol. The van der Waals surface area contributed by atoms with E-state index >= 15 is 0 Å². The summed E-state index contributed by atoms with van der Waals surface area (Å²) in [5.74, 6) is 0.280. The van der Waals surface area contributed by atoms with Gasteiger partial charge in [0.05, 0.1) is 18.3 Å². The zero-order valence-electron chi connectivity index (χ0n) is 18.3. The minimum absolute atomic E-state index is 0.0376. The first-order valence-electron chi connectivity index (χ1n) is 11.1. The van der Waals surface area contributed by atoms with Crippen LogP contribution in [0.1, 0.15) is 25.2 Å². The fraction of sp³-hybridized carbons (Fsp3) is 0.320. The molecule has 7 nitrogen and oxygen atoms in total. The highest BCUT2D eigenvalue weighted by atomic mass is 19.1. The Labute approximate surface area is 192 Å². The summed E-state index contributed by atoms with van der Waals surface area (Å²) in [4.78, 5) is 30.8. The number of nitrogens with zero attached hydrogens (tertiary/aromatic N) is 2. The summed E-state index contributed by atoms with van der Waals surface area (Å²) in [5.41, 5.74) is 1.14. The molecule has 1 fully saturated rings. The lowest BCUT2D eigenvalue weighted by Gasteiger charge is -2.31. The van der Waals surface area contributed by atoms with Gasteiger partial charge in [0.1, 0.15) is 5.82 Å². The van der Waals surface area contributed by atoms with Gasteiger partial charge in [-0.15, -0.1) is 0 Å². The molecule has 0 unspecified atom stereocenters. The number of hydrogen-bond donors (Lipinski definition) is 2. The summed E-state index contributed by atoms with van der Waals surface area (Å²) in [7, 11) is 0. The number of hydrogen-bond acceptors (Lipinski definition) is 5. The molecule has 3 aromatic rings. The summed E-state index contributed by atoms with van der Waals surface area (Å²) in [6.07, 6.45) is 3.66. The van der Waals surface area contributed by atoms with Crippen molar-refractivity contribution in [3.63, 3.8) is 0 Å². The molecule has 2 heterocycles. The van der Waals surface area contributed by atoms with E-state index in [1.165, 1.54) is 12.3 Å². The Morgan fingerprint density at radius 1 is 1.03 bits per heavy atom. The zero-order valence-corrected chi connectivity index (χ0v) is 18.3. The van der Waals surface area contributed by atoms with Gasteiger partial charge in [0.25, 0.3) is 0 Å². The fourth-order valence-corrected chi connectivity index (χ4v) is 3.89. The SMILES string of the molecule is O=C(CN1CCC(NC(=O)CCc2ncc(-c3ccccc3F)o2)CC1)Nc1ccccc1. The lowest BCUT2D eigenvalue weighted by Crippen LogP contribution is -2.46. The Balaban J connectivity index is 1.16. The molecule has 2 N–H and O–H groups in total. The van der Waals surface area contributed by atoms with Crippen molar-refractivity contribution in [3.8, 4) is 11.3 Å². The normalized spacial score (nSPS) is 14.7. The Morgan fingerprint density at radius 3 is 2.52 bits per heavy atom. The minimum Gasteiger partial charge on any atom is -0.441 e. The van der Waals surface area contributed by atoms with Crippen molar-refractivity contribution >= 4 is 17.5 Å². The number of aromatic nitrogens is 1. The molecule has 8 heteroatoms. The van der Waals surface area contributed by atoms with Crippen LogP contribution in [0.5, 0.6) is 0 Å². The van der Waals surface area contributed by atoms with Crippen molar-refractivity contribution in [2.75, 3.05) is 25.0 Å². The quantitative estimate of drug-likeness (QED) is 0.547. The smallest absolute Gasteiger partial charge is 0.238 e. The monoisotopic (exact) mass is 450 g/mol. The molecule has 0 saturated carbocycles. The number of nitrogens with one attached hydrogen (secondary N) is 2. The van der Waals surface area contributed by atoms with Gasteiger partial charge in [-0.25, -0.2) is 9.37 Å². The van der Waals surface area contributed by atoms with Crippen LogP contribution in [0.2, 0.25) is 0 Å². The van der Waals surface area contributed by atoms with Crippen LogP contribution in [0.3, 0.4) is 0 Å². The second-order valence-corrected chi connectivity index (χ2v) is 8.13. The molecule has 0 bridgehead atoms. The van der Waals surface area contributed by atoms with E-state index in [4.69, 9.17) is 4.42 Å². The molecule has 1 aromatic heterocycles. The second-order valence-electron chi connectivity index (χ2n) is 8.13. The topological polar surface area (TPSA) is 87.5 Å². The third-order valence-corrected chi connectivity index (χ3v) is 5.64. The number of anilines is 1. The Kier molecular flexibility index (Phi) is 7.47. The molecule has 2 aromatic carbocycles. The highest BCUT2D eigenvalue weighted by Crippen LogP contribution is 2.23. The summed E-state index contributed by atoms with van der Waals surface area (Å²) in [6.45, 7) is 1.84. The van der Waals surface area contributed by atoms with Gasteiger partial charge in [-0.05, 0) is 37.1 Å². The van der Waals surface area contributed by atoms with Gasteiger partial charge in [0.2, 0.25) is 11.8 Å². The van der Waals surface area contributed by atoms with Gasteiger partial charge in [0, 0.05) is 37.7 Å². The van der Waals surface area contributed by atoms with Crippen molar-refractivity contribution in [2.24, 2.45) is 0 Å². The average Bonchev–Trinajstić information content (AvgIpc) is 3.29. The van der Waals surface area contributed by atoms with Crippen LogP contribution in [0.4, 0.5) is 10.1 Å². The first-order chi connectivity index (χ1) is 16.1. The number of para-hydroxylation sites is 1. The third-order valence-electron chi connectivity index (χ3n) is 5.64. The molecule has 1 saturated heterocycles. The number of carbonyl (C=O) groups is 2. The van der Waals surface area contributed by atoms with Gasteiger partial charge >= 0.3 is 0 Å². The Hall–Kier alpha value is -3.52. The molecular formula is C25H27FN4O3. The summed E-state index contributed by atoms with van der Waals surface area (Å²) < 4.78 is 19.5. The van der Waals surface area contributed by atoms with Crippen LogP contribution in [-0.4, -0.2) is 47.4 Å². The van der Waals surface area contributed by atoms with E-state index in [1.54, 1.807) is 18.2 Å². The number of benzene rings is 2. The van der Waals surface area contributed by atoms with E-state index in [0.29, 0.717) is 30.2 Å². The maximum Gasteiger partial charge on any atom is 0.238 e. The molecule has 172 valence electrons. The third kappa shape index (κ3) is 6.49. The molecule has 0 atom stereocenters. The molecular weight excluding hydrogens is 423 g/mol. The van der Waals surface area contributed by atoms with Crippen LogP contribution < -0.4 is 10.6 Å². The van der Waals surface area contributed by atoms with Gasteiger partial charge in [-0.1, -0.05) is 30.3 Å². The summed E-state index contributed by atoms with van der Waals surface area (Å²) in [5, 5.41) is 5.95. The lowest BCUT2D eigenvalue weighted by molar-refractivity contribution is -0.122. The van der Waals surface area contributed by atoms with Gasteiger partial charge in [0.15, 0.2) is 11.7 Å². The van der Waals surface area contributed by atoms with Crippen molar-refractivity contribution in [2.45, 2.75) is 31.7 Å². The van der Waals surface area contributed by atoms with Gasteiger partial charge < -0.3 is 15.1 Å². The number of rotatable bonds is 8.